The van der Waals surface area contributed by atoms with Gasteiger partial charge in [0.2, 0.25) is 0 Å². The number of amides is 2. The molecule has 116 valence electrons. The van der Waals surface area contributed by atoms with Crippen LogP contribution in [0.2, 0.25) is 0 Å². The highest BCUT2D eigenvalue weighted by molar-refractivity contribution is 6.09. The highest BCUT2D eigenvalue weighted by atomic mass is 19.1. The van der Waals surface area contributed by atoms with Crippen LogP contribution in [-0.2, 0) is 0 Å². The van der Waals surface area contributed by atoms with Crippen molar-refractivity contribution >= 4 is 22.7 Å². The molecule has 0 aliphatic heterocycles. The lowest BCUT2D eigenvalue weighted by atomic mass is 10.1. The van der Waals surface area contributed by atoms with Gasteiger partial charge in [0, 0.05) is 16.6 Å². The van der Waals surface area contributed by atoms with Crippen molar-refractivity contribution in [1.29, 1.82) is 0 Å². The average molecular weight is 311 g/mol. The molecule has 0 unspecified atom stereocenters. The maximum absolute atomic E-state index is 13.5. The molecule has 0 bridgehead atoms. The Kier molecular flexibility index (Phi) is 3.80. The van der Waals surface area contributed by atoms with E-state index in [0.717, 1.165) is 10.9 Å². The van der Waals surface area contributed by atoms with E-state index in [1.807, 2.05) is 24.3 Å². The summed E-state index contributed by atoms with van der Waals surface area (Å²) < 4.78 is 13.5. The van der Waals surface area contributed by atoms with Crippen molar-refractivity contribution in [2.75, 3.05) is 0 Å². The molecule has 3 rings (SSSR count). The van der Waals surface area contributed by atoms with Crippen LogP contribution >= 0.6 is 0 Å². The predicted molar refractivity (Wildman–Crippen MR) is 84.4 cm³/mol. The monoisotopic (exact) mass is 311 g/mol. The Morgan fingerprint density at radius 2 is 1.61 bits per heavy atom. The maximum atomic E-state index is 13.5. The molecule has 0 aliphatic rings. The van der Waals surface area contributed by atoms with Gasteiger partial charge < -0.3 is 4.98 Å². The molecule has 0 aliphatic carbocycles. The quantitative estimate of drug-likeness (QED) is 0.637. The van der Waals surface area contributed by atoms with E-state index in [1.54, 1.807) is 13.0 Å². The lowest BCUT2D eigenvalue weighted by molar-refractivity contribution is 0.0845. The van der Waals surface area contributed by atoms with Gasteiger partial charge in [-0.15, -0.1) is 0 Å². The Hall–Kier alpha value is -3.15. The number of nitrogens with one attached hydrogen (secondary N) is 3. The molecule has 0 saturated carbocycles. The van der Waals surface area contributed by atoms with Gasteiger partial charge in [-0.3, -0.25) is 20.4 Å². The normalized spacial score (nSPS) is 10.5. The zero-order chi connectivity index (χ0) is 16.4. The smallest absolute Gasteiger partial charge is 0.272 e. The molecule has 0 radical (unpaired) electrons. The standard InChI is InChI=1S/C17H14FN3O2/c1-10-15(12-7-3-5-9-14(12)19-10)17(23)21-20-16(22)11-6-2-4-8-13(11)18/h2-9,19H,1H3,(H,20,22)(H,21,23). The minimum atomic E-state index is -0.714. The number of hydrogen-bond donors (Lipinski definition) is 3. The lowest BCUT2D eigenvalue weighted by Gasteiger charge is -2.08. The first-order chi connectivity index (χ1) is 11.1. The second-order valence-electron chi connectivity index (χ2n) is 5.06. The molecule has 1 aromatic heterocycles. The minimum absolute atomic E-state index is 0.136. The molecule has 0 saturated heterocycles. The fourth-order valence-corrected chi connectivity index (χ4v) is 2.46. The van der Waals surface area contributed by atoms with Crippen molar-refractivity contribution in [1.82, 2.24) is 15.8 Å². The number of benzene rings is 2. The van der Waals surface area contributed by atoms with Crippen LogP contribution in [0.4, 0.5) is 4.39 Å². The van der Waals surface area contributed by atoms with Crippen molar-refractivity contribution in [3.05, 3.63) is 71.2 Å². The van der Waals surface area contributed by atoms with Crippen LogP contribution in [0, 0.1) is 12.7 Å². The van der Waals surface area contributed by atoms with Crippen molar-refractivity contribution in [3.63, 3.8) is 0 Å². The summed E-state index contributed by atoms with van der Waals surface area (Å²) in [7, 11) is 0. The predicted octanol–water partition coefficient (Wildman–Crippen LogP) is 2.69. The SMILES string of the molecule is Cc1[nH]c2ccccc2c1C(=O)NNC(=O)c1ccccc1F. The third kappa shape index (κ3) is 2.78. The lowest BCUT2D eigenvalue weighted by Crippen LogP contribution is -2.42. The number of carbonyl (C=O) groups excluding carboxylic acids is 2. The number of fused-ring (bicyclic) bond motifs is 1. The molecule has 3 aromatic rings. The molecule has 0 atom stereocenters. The zero-order valence-electron chi connectivity index (χ0n) is 12.3. The Labute approximate surface area is 131 Å². The van der Waals surface area contributed by atoms with Crippen molar-refractivity contribution in [2.45, 2.75) is 6.92 Å². The summed E-state index contributed by atoms with van der Waals surface area (Å²) in [5, 5.41) is 0.752. The molecule has 5 nitrogen and oxygen atoms in total. The fourth-order valence-electron chi connectivity index (χ4n) is 2.46. The third-order valence-electron chi connectivity index (χ3n) is 3.53. The Balaban J connectivity index is 1.78. The van der Waals surface area contributed by atoms with E-state index in [9.17, 15) is 14.0 Å². The van der Waals surface area contributed by atoms with E-state index < -0.39 is 17.6 Å². The molecule has 2 aromatic carbocycles. The summed E-state index contributed by atoms with van der Waals surface area (Å²) in [5.41, 5.74) is 6.36. The summed E-state index contributed by atoms with van der Waals surface area (Å²) in [6.07, 6.45) is 0. The molecular weight excluding hydrogens is 297 g/mol. The number of aromatic nitrogens is 1. The zero-order valence-corrected chi connectivity index (χ0v) is 12.3. The number of hydrogen-bond acceptors (Lipinski definition) is 2. The van der Waals surface area contributed by atoms with E-state index in [4.69, 9.17) is 0 Å². The van der Waals surface area contributed by atoms with Gasteiger partial charge in [0.1, 0.15) is 5.82 Å². The van der Waals surface area contributed by atoms with Gasteiger partial charge in [-0.05, 0) is 25.1 Å². The molecule has 3 N–H and O–H groups in total. The number of aromatic amines is 1. The second-order valence-corrected chi connectivity index (χ2v) is 5.06. The minimum Gasteiger partial charge on any atom is -0.358 e. The van der Waals surface area contributed by atoms with E-state index in [2.05, 4.69) is 15.8 Å². The highest BCUT2D eigenvalue weighted by Crippen LogP contribution is 2.21. The fraction of sp³-hybridized carbons (Fsp3) is 0.0588. The number of H-pyrrole nitrogens is 1. The van der Waals surface area contributed by atoms with Gasteiger partial charge >= 0.3 is 0 Å². The van der Waals surface area contributed by atoms with Gasteiger partial charge in [-0.1, -0.05) is 30.3 Å². The molecular formula is C17H14FN3O2. The molecule has 2 amide bonds. The van der Waals surface area contributed by atoms with Crippen molar-refractivity contribution in [2.24, 2.45) is 0 Å². The summed E-state index contributed by atoms with van der Waals surface area (Å²) in [6.45, 7) is 1.77. The summed E-state index contributed by atoms with van der Waals surface area (Å²) >= 11 is 0. The van der Waals surface area contributed by atoms with Crippen LogP contribution in [0.15, 0.2) is 48.5 Å². The van der Waals surface area contributed by atoms with Crippen LogP contribution in [0.5, 0.6) is 0 Å². The second kappa shape index (κ2) is 5.92. The van der Waals surface area contributed by atoms with Gasteiger partial charge in [-0.2, -0.15) is 0 Å². The van der Waals surface area contributed by atoms with E-state index in [0.29, 0.717) is 11.3 Å². The van der Waals surface area contributed by atoms with Crippen molar-refractivity contribution in [3.8, 4) is 0 Å². The number of aryl methyl sites for hydroxylation is 1. The Morgan fingerprint density at radius 3 is 2.39 bits per heavy atom. The van der Waals surface area contributed by atoms with Gasteiger partial charge in [-0.25, -0.2) is 4.39 Å². The Morgan fingerprint density at radius 1 is 0.957 bits per heavy atom. The summed E-state index contributed by atoms with van der Waals surface area (Å²) in [5.74, 6) is -1.83. The largest absolute Gasteiger partial charge is 0.358 e. The topological polar surface area (TPSA) is 74.0 Å². The van der Waals surface area contributed by atoms with Crippen molar-refractivity contribution < 1.29 is 14.0 Å². The third-order valence-corrected chi connectivity index (χ3v) is 3.53. The molecule has 1 heterocycles. The van der Waals surface area contributed by atoms with E-state index >= 15 is 0 Å². The molecule has 0 fully saturated rings. The van der Waals surface area contributed by atoms with Crippen LogP contribution in [0.25, 0.3) is 10.9 Å². The first kappa shape index (κ1) is 14.8. The van der Waals surface area contributed by atoms with Gasteiger partial charge in [0.15, 0.2) is 0 Å². The van der Waals surface area contributed by atoms with E-state index in [-0.39, 0.29) is 5.56 Å². The number of carbonyl (C=O) groups is 2. The number of hydrazine groups is 1. The van der Waals surface area contributed by atoms with Crippen LogP contribution in [0.3, 0.4) is 0 Å². The average Bonchev–Trinajstić information content (AvgIpc) is 2.88. The van der Waals surface area contributed by atoms with Gasteiger partial charge in [0.05, 0.1) is 11.1 Å². The summed E-state index contributed by atoms with van der Waals surface area (Å²) in [4.78, 5) is 27.3. The first-order valence-corrected chi connectivity index (χ1v) is 7.00. The Bertz CT molecular complexity index is 902. The summed E-state index contributed by atoms with van der Waals surface area (Å²) in [6, 6.07) is 12.9. The van der Waals surface area contributed by atoms with E-state index in [1.165, 1.54) is 18.2 Å². The number of halogens is 1. The molecule has 23 heavy (non-hydrogen) atoms. The van der Waals surface area contributed by atoms with Crippen LogP contribution < -0.4 is 10.9 Å². The highest BCUT2D eigenvalue weighted by Gasteiger charge is 2.17. The number of para-hydroxylation sites is 1. The van der Waals surface area contributed by atoms with Crippen LogP contribution in [0.1, 0.15) is 26.4 Å². The maximum Gasteiger partial charge on any atom is 0.272 e. The van der Waals surface area contributed by atoms with Crippen LogP contribution in [-0.4, -0.2) is 16.8 Å². The van der Waals surface area contributed by atoms with Gasteiger partial charge in [0.25, 0.3) is 11.8 Å². The first-order valence-electron chi connectivity index (χ1n) is 7.00. The molecule has 0 spiro atoms. The number of rotatable bonds is 2. The molecule has 6 heteroatoms.